The molecule has 1 aromatic carbocycles. The lowest BCUT2D eigenvalue weighted by Crippen LogP contribution is -2.19. The minimum Gasteiger partial charge on any atom is -0.385 e. The first-order valence-electron chi connectivity index (χ1n) is 6.39. The van der Waals surface area contributed by atoms with E-state index in [9.17, 15) is 4.79 Å². The number of fused-ring (bicyclic) bond motifs is 1. The van der Waals surface area contributed by atoms with Gasteiger partial charge < -0.3 is 10.6 Å². The summed E-state index contributed by atoms with van der Waals surface area (Å²) in [6.45, 7) is 0.944. The molecule has 0 radical (unpaired) electrons. The van der Waals surface area contributed by atoms with Crippen LogP contribution in [0.25, 0.3) is 0 Å². The Kier molecular flexibility index (Phi) is 3.52. The van der Waals surface area contributed by atoms with E-state index in [-0.39, 0.29) is 5.91 Å². The van der Waals surface area contributed by atoms with Crippen molar-refractivity contribution in [1.82, 2.24) is 9.97 Å². The van der Waals surface area contributed by atoms with Gasteiger partial charge in [-0.3, -0.25) is 4.79 Å². The number of amides is 1. The number of carbonyl (C=O) groups excluding carboxylic acids is 1. The third-order valence-electron chi connectivity index (χ3n) is 3.21. The van der Waals surface area contributed by atoms with Crippen LogP contribution in [-0.4, -0.2) is 22.4 Å². The van der Waals surface area contributed by atoms with E-state index in [0.717, 1.165) is 30.6 Å². The quantitative estimate of drug-likeness (QED) is 0.834. The zero-order valence-electron chi connectivity index (χ0n) is 10.7. The Morgan fingerprint density at radius 1 is 1.35 bits per heavy atom. The van der Waals surface area contributed by atoms with Gasteiger partial charge in [0.1, 0.15) is 17.3 Å². The van der Waals surface area contributed by atoms with Crippen LogP contribution in [0, 0.1) is 0 Å². The summed E-state index contributed by atoms with van der Waals surface area (Å²) in [5.74, 6) is 0.219. The molecule has 0 bridgehead atoms. The average molecular weight is 289 g/mol. The zero-order chi connectivity index (χ0) is 13.9. The Morgan fingerprint density at radius 2 is 2.25 bits per heavy atom. The molecular weight excluding hydrogens is 276 g/mol. The van der Waals surface area contributed by atoms with Crippen molar-refractivity contribution in [2.45, 2.75) is 12.8 Å². The molecule has 1 aromatic heterocycles. The smallest absolute Gasteiger partial charge is 0.257 e. The van der Waals surface area contributed by atoms with Crippen LogP contribution in [0.15, 0.2) is 30.6 Å². The number of nitrogens with zero attached hydrogens (tertiary/aromatic N) is 2. The molecule has 6 heteroatoms. The van der Waals surface area contributed by atoms with Crippen LogP contribution in [-0.2, 0) is 6.42 Å². The molecule has 0 atom stereocenters. The standard InChI is InChI=1S/C14H13ClN4O/c15-12-7-13(18-8-17-12)19-14(20)10-3-1-5-11-9(10)4-2-6-16-11/h1,3,5,7-8,16H,2,4,6H2,(H,17,18,19,20). The normalized spacial score (nSPS) is 13.2. The predicted molar refractivity (Wildman–Crippen MR) is 78.2 cm³/mol. The molecule has 3 rings (SSSR count). The molecule has 2 N–H and O–H groups in total. The van der Waals surface area contributed by atoms with E-state index in [1.165, 1.54) is 12.4 Å². The van der Waals surface area contributed by atoms with E-state index in [4.69, 9.17) is 11.6 Å². The number of benzene rings is 1. The Balaban J connectivity index is 1.88. The van der Waals surface area contributed by atoms with E-state index in [1.54, 1.807) is 0 Å². The van der Waals surface area contributed by atoms with Crippen molar-refractivity contribution in [3.05, 3.63) is 46.9 Å². The molecule has 0 unspecified atom stereocenters. The van der Waals surface area contributed by atoms with E-state index < -0.39 is 0 Å². The van der Waals surface area contributed by atoms with Gasteiger partial charge in [-0.25, -0.2) is 9.97 Å². The molecular formula is C14H13ClN4O. The zero-order valence-corrected chi connectivity index (χ0v) is 11.4. The molecule has 5 nitrogen and oxygen atoms in total. The van der Waals surface area contributed by atoms with Gasteiger partial charge in [0.05, 0.1) is 0 Å². The summed E-state index contributed by atoms with van der Waals surface area (Å²) >= 11 is 5.78. The molecule has 20 heavy (non-hydrogen) atoms. The van der Waals surface area contributed by atoms with E-state index in [1.807, 2.05) is 18.2 Å². The van der Waals surface area contributed by atoms with Crippen LogP contribution >= 0.6 is 11.6 Å². The fourth-order valence-electron chi connectivity index (χ4n) is 2.31. The molecule has 0 saturated heterocycles. The lowest BCUT2D eigenvalue weighted by molar-refractivity contribution is 0.102. The van der Waals surface area contributed by atoms with E-state index in [0.29, 0.717) is 16.5 Å². The van der Waals surface area contributed by atoms with Gasteiger partial charge in [0.25, 0.3) is 5.91 Å². The molecule has 1 aliphatic heterocycles. The molecule has 102 valence electrons. The Hall–Kier alpha value is -2.14. The molecule has 0 fully saturated rings. The fraction of sp³-hybridized carbons (Fsp3) is 0.214. The Labute approximate surface area is 121 Å². The average Bonchev–Trinajstić information content (AvgIpc) is 2.46. The molecule has 0 aliphatic carbocycles. The highest BCUT2D eigenvalue weighted by Crippen LogP contribution is 2.25. The number of hydrogen-bond acceptors (Lipinski definition) is 4. The van der Waals surface area contributed by atoms with Gasteiger partial charge >= 0.3 is 0 Å². The molecule has 1 amide bonds. The molecule has 2 aromatic rings. The minimum absolute atomic E-state index is 0.180. The maximum absolute atomic E-state index is 12.4. The highest BCUT2D eigenvalue weighted by atomic mass is 35.5. The SMILES string of the molecule is O=C(Nc1cc(Cl)ncn1)c1cccc2c1CCCN2. The van der Waals surface area contributed by atoms with Crippen molar-refractivity contribution in [1.29, 1.82) is 0 Å². The second kappa shape index (κ2) is 5.46. The van der Waals surface area contributed by atoms with Gasteiger partial charge in [-0.15, -0.1) is 0 Å². The first-order valence-corrected chi connectivity index (χ1v) is 6.76. The van der Waals surface area contributed by atoms with Crippen molar-refractivity contribution in [2.75, 3.05) is 17.2 Å². The number of aromatic nitrogens is 2. The molecule has 0 saturated carbocycles. The van der Waals surface area contributed by atoms with Crippen LogP contribution in [0.3, 0.4) is 0 Å². The number of anilines is 2. The highest BCUT2D eigenvalue weighted by molar-refractivity contribution is 6.29. The number of rotatable bonds is 2. The van der Waals surface area contributed by atoms with Gasteiger partial charge in [-0.05, 0) is 30.5 Å². The first kappa shape index (κ1) is 12.9. The van der Waals surface area contributed by atoms with Crippen molar-refractivity contribution in [3.8, 4) is 0 Å². The van der Waals surface area contributed by atoms with Crippen molar-refractivity contribution in [3.63, 3.8) is 0 Å². The lowest BCUT2D eigenvalue weighted by Gasteiger charge is -2.20. The van der Waals surface area contributed by atoms with Crippen molar-refractivity contribution < 1.29 is 4.79 Å². The summed E-state index contributed by atoms with van der Waals surface area (Å²) in [7, 11) is 0. The van der Waals surface area contributed by atoms with E-state index in [2.05, 4.69) is 20.6 Å². The van der Waals surface area contributed by atoms with Crippen LogP contribution in [0.1, 0.15) is 22.3 Å². The van der Waals surface area contributed by atoms with Crippen LogP contribution in [0.4, 0.5) is 11.5 Å². The lowest BCUT2D eigenvalue weighted by atomic mass is 9.97. The van der Waals surface area contributed by atoms with Gasteiger partial charge in [-0.2, -0.15) is 0 Å². The summed E-state index contributed by atoms with van der Waals surface area (Å²) in [6, 6.07) is 7.21. The maximum Gasteiger partial charge on any atom is 0.257 e. The first-order chi connectivity index (χ1) is 9.74. The van der Waals surface area contributed by atoms with Crippen molar-refractivity contribution in [2.24, 2.45) is 0 Å². The molecule has 0 spiro atoms. The van der Waals surface area contributed by atoms with Crippen LogP contribution in [0.2, 0.25) is 5.15 Å². The van der Waals surface area contributed by atoms with Gasteiger partial charge in [0.2, 0.25) is 0 Å². The van der Waals surface area contributed by atoms with Crippen LogP contribution in [0.5, 0.6) is 0 Å². The van der Waals surface area contributed by atoms with Crippen molar-refractivity contribution >= 4 is 29.0 Å². The Morgan fingerprint density at radius 3 is 3.10 bits per heavy atom. The third-order valence-corrected chi connectivity index (χ3v) is 3.42. The topological polar surface area (TPSA) is 66.9 Å². The van der Waals surface area contributed by atoms with Gasteiger partial charge in [-0.1, -0.05) is 17.7 Å². The van der Waals surface area contributed by atoms with E-state index >= 15 is 0 Å². The summed E-state index contributed by atoms with van der Waals surface area (Å²) in [5, 5.41) is 6.35. The third kappa shape index (κ3) is 2.58. The summed E-state index contributed by atoms with van der Waals surface area (Å²) in [6.07, 6.45) is 3.24. The van der Waals surface area contributed by atoms with Gasteiger partial charge in [0.15, 0.2) is 0 Å². The number of carbonyl (C=O) groups is 1. The molecule has 2 heterocycles. The Bertz CT molecular complexity index is 659. The van der Waals surface area contributed by atoms with Gasteiger partial charge in [0, 0.05) is 23.9 Å². The monoisotopic (exact) mass is 288 g/mol. The maximum atomic E-state index is 12.4. The summed E-state index contributed by atoms with van der Waals surface area (Å²) < 4.78 is 0. The predicted octanol–water partition coefficient (Wildman–Crippen LogP) is 2.74. The second-order valence-corrected chi connectivity index (χ2v) is 4.93. The summed E-state index contributed by atoms with van der Waals surface area (Å²) in [5.41, 5.74) is 2.76. The minimum atomic E-state index is -0.180. The molecule has 1 aliphatic rings. The summed E-state index contributed by atoms with van der Waals surface area (Å²) in [4.78, 5) is 20.1. The largest absolute Gasteiger partial charge is 0.385 e. The van der Waals surface area contributed by atoms with Crippen LogP contribution < -0.4 is 10.6 Å². The highest BCUT2D eigenvalue weighted by Gasteiger charge is 2.17. The second-order valence-electron chi connectivity index (χ2n) is 4.54. The number of hydrogen-bond donors (Lipinski definition) is 2. The fourth-order valence-corrected chi connectivity index (χ4v) is 2.46. The number of nitrogens with one attached hydrogen (secondary N) is 2. The number of halogens is 1.